The van der Waals surface area contributed by atoms with Crippen molar-refractivity contribution in [2.75, 3.05) is 0 Å². The van der Waals surface area contributed by atoms with E-state index < -0.39 is 0 Å². The fourth-order valence-electron chi connectivity index (χ4n) is 2.87. The first-order valence-electron chi connectivity index (χ1n) is 9.32. The van der Waals surface area contributed by atoms with E-state index in [0.717, 1.165) is 8.20 Å². The van der Waals surface area contributed by atoms with Crippen LogP contribution in [0.1, 0.15) is 83.9 Å². The van der Waals surface area contributed by atoms with Gasteiger partial charge in [-0.2, -0.15) is 0 Å². The number of benzene rings is 1. The van der Waals surface area contributed by atoms with Crippen LogP contribution in [0, 0.1) is 0 Å². The summed E-state index contributed by atoms with van der Waals surface area (Å²) in [5.74, 6) is 0. The van der Waals surface area contributed by atoms with Crippen molar-refractivity contribution in [2.45, 2.75) is 78.6 Å². The average molecular weight is 385 g/mol. The molecule has 0 radical (unpaired) electrons. The fourth-order valence-corrected chi connectivity index (χ4v) is 4.92. The van der Waals surface area contributed by atoms with Crippen LogP contribution in [0.15, 0.2) is 29.6 Å². The maximum Gasteiger partial charge on any atom is 0.0350 e. The largest absolute Gasteiger partial charge is 0.144 e. The molecule has 1 aromatic heterocycles. The molecule has 0 unspecified atom stereocenters. The lowest BCUT2D eigenvalue weighted by Gasteiger charge is -2.32. The molecule has 0 amide bonds. The molecule has 2 rings (SSSR count). The summed E-state index contributed by atoms with van der Waals surface area (Å²) >= 11 is 1.76. The second kappa shape index (κ2) is 7.47. The molecule has 0 saturated heterocycles. The zero-order chi connectivity index (χ0) is 19.8. The van der Waals surface area contributed by atoms with Gasteiger partial charge in [0.05, 0.1) is 0 Å². The van der Waals surface area contributed by atoms with E-state index in [1.54, 1.807) is 11.3 Å². The van der Waals surface area contributed by atoms with Gasteiger partial charge in [0.2, 0.25) is 0 Å². The highest BCUT2D eigenvalue weighted by atomic mass is 32.1. The van der Waals surface area contributed by atoms with E-state index in [2.05, 4.69) is 103 Å². The van der Waals surface area contributed by atoms with Crippen molar-refractivity contribution in [1.82, 2.24) is 0 Å². The Labute approximate surface area is 166 Å². The highest BCUT2D eigenvalue weighted by molar-refractivity contribution is 7.47. The Morgan fingerprint density at radius 2 is 1.38 bits per heavy atom. The molecule has 140 valence electrons. The van der Waals surface area contributed by atoms with Crippen molar-refractivity contribution in [3.05, 3.63) is 51.2 Å². The third-order valence-corrected chi connectivity index (χ3v) is 6.30. The molecular weight excluding hydrogens is 351 g/mol. The lowest BCUT2D eigenvalue weighted by Crippen LogP contribution is -2.29. The molecule has 1 heterocycles. The molecule has 0 aliphatic heterocycles. The molecule has 0 atom stereocenters. The number of thiophene rings is 1. The van der Waals surface area contributed by atoms with Crippen molar-refractivity contribution in [2.24, 2.45) is 0 Å². The standard InChI is InChI=1S/C24H33PS/c1-22(2,3)17-15-19(23(4,5)6)21(20(16-17)24(7,8)9)25-13-12-18-11-10-14-26-18/h10-12,14-16H,1-9H3. The molecule has 26 heavy (non-hydrogen) atoms. The predicted octanol–water partition coefficient (Wildman–Crippen LogP) is 7.33. The molecule has 2 aromatic rings. The van der Waals surface area contributed by atoms with E-state index in [1.165, 1.54) is 26.9 Å². The van der Waals surface area contributed by atoms with Crippen LogP contribution in [0.2, 0.25) is 0 Å². The Hall–Kier alpha value is -1.13. The third kappa shape index (κ3) is 5.20. The minimum Gasteiger partial charge on any atom is -0.144 e. The molecule has 0 N–H and O–H groups in total. The van der Waals surface area contributed by atoms with Crippen LogP contribution in [0.4, 0.5) is 0 Å². The summed E-state index contributed by atoms with van der Waals surface area (Å²) in [7, 11) is 1.16. The van der Waals surface area contributed by atoms with Gasteiger partial charge in [-0.05, 0) is 52.6 Å². The van der Waals surface area contributed by atoms with Gasteiger partial charge < -0.3 is 0 Å². The van der Waals surface area contributed by atoms with Crippen LogP contribution in [-0.4, -0.2) is 5.45 Å². The lowest BCUT2D eigenvalue weighted by atomic mass is 9.75. The van der Waals surface area contributed by atoms with Crippen LogP contribution < -0.4 is 5.30 Å². The maximum absolute atomic E-state index is 3.54. The average Bonchev–Trinajstić information content (AvgIpc) is 2.97. The number of hydrogen-bond donors (Lipinski definition) is 0. The summed E-state index contributed by atoms with van der Waals surface area (Å²) in [6.45, 7) is 20.9. The molecule has 0 bridgehead atoms. The fraction of sp³-hybridized carbons (Fsp3) is 0.500. The summed E-state index contributed by atoms with van der Waals surface area (Å²) in [4.78, 5) is 1.26. The Balaban J connectivity index is 2.76. The van der Waals surface area contributed by atoms with E-state index in [1.807, 2.05) is 0 Å². The Kier molecular flexibility index (Phi) is 6.09. The summed E-state index contributed by atoms with van der Waals surface area (Å²) < 4.78 is 0. The summed E-state index contributed by atoms with van der Waals surface area (Å²) in [6.07, 6.45) is 2.13. The van der Waals surface area contributed by atoms with Crippen molar-refractivity contribution in [3.8, 4) is 0 Å². The molecule has 0 fully saturated rings. The SMILES string of the molecule is CC(C)(C)c1cc(C(C)(C)C)c(P=C=Cc2cccs2)c(C(C)(C)C)c1. The van der Waals surface area contributed by atoms with E-state index in [0.29, 0.717) is 0 Å². The van der Waals surface area contributed by atoms with Gasteiger partial charge in [-0.15, -0.1) is 11.3 Å². The summed E-state index contributed by atoms with van der Waals surface area (Å²) in [5.41, 5.74) is 8.22. The first-order chi connectivity index (χ1) is 11.8. The van der Waals surface area contributed by atoms with Crippen LogP contribution in [0.5, 0.6) is 0 Å². The first-order valence-corrected chi connectivity index (χ1v) is 11.1. The Bertz CT molecular complexity index is 778. The highest BCUT2D eigenvalue weighted by Gasteiger charge is 2.28. The van der Waals surface area contributed by atoms with Crippen LogP contribution in [0.25, 0.3) is 6.08 Å². The van der Waals surface area contributed by atoms with Crippen molar-refractivity contribution in [1.29, 1.82) is 0 Å². The zero-order valence-electron chi connectivity index (χ0n) is 17.8. The van der Waals surface area contributed by atoms with Gasteiger partial charge in [0.1, 0.15) is 0 Å². The first kappa shape index (κ1) is 21.2. The van der Waals surface area contributed by atoms with Gasteiger partial charge in [-0.3, -0.25) is 0 Å². The van der Waals surface area contributed by atoms with E-state index in [4.69, 9.17) is 0 Å². The molecule has 0 spiro atoms. The van der Waals surface area contributed by atoms with Gasteiger partial charge in [0, 0.05) is 16.3 Å². The minimum absolute atomic E-state index is 0.105. The number of hydrogen-bond acceptors (Lipinski definition) is 1. The minimum atomic E-state index is 0.105. The van der Waals surface area contributed by atoms with Gasteiger partial charge in [0.15, 0.2) is 0 Å². The van der Waals surface area contributed by atoms with Gasteiger partial charge in [-0.1, -0.05) is 86.0 Å². The summed E-state index contributed by atoms with van der Waals surface area (Å²) in [5, 5.41) is 3.54. The lowest BCUT2D eigenvalue weighted by molar-refractivity contribution is 0.554. The quantitative estimate of drug-likeness (QED) is 0.476. The second-order valence-corrected chi connectivity index (χ2v) is 12.0. The third-order valence-electron chi connectivity index (χ3n) is 4.52. The second-order valence-electron chi connectivity index (χ2n) is 10.1. The Morgan fingerprint density at radius 3 is 1.77 bits per heavy atom. The topological polar surface area (TPSA) is 0 Å². The molecule has 2 heteroatoms. The molecular formula is C24H33PS. The van der Waals surface area contributed by atoms with Gasteiger partial charge in [-0.25, -0.2) is 0 Å². The van der Waals surface area contributed by atoms with Crippen LogP contribution >= 0.6 is 19.5 Å². The van der Waals surface area contributed by atoms with Gasteiger partial charge >= 0.3 is 0 Å². The summed E-state index contributed by atoms with van der Waals surface area (Å²) in [6, 6.07) is 9.11. The van der Waals surface area contributed by atoms with Gasteiger partial charge in [0.25, 0.3) is 0 Å². The molecule has 0 nitrogen and oxygen atoms in total. The van der Waals surface area contributed by atoms with Crippen molar-refractivity contribution < 1.29 is 0 Å². The molecule has 0 aliphatic rings. The normalized spacial score (nSPS) is 13.0. The monoisotopic (exact) mass is 384 g/mol. The molecule has 0 aliphatic carbocycles. The van der Waals surface area contributed by atoms with E-state index >= 15 is 0 Å². The maximum atomic E-state index is 3.54. The molecule has 0 saturated carbocycles. The van der Waals surface area contributed by atoms with Crippen molar-refractivity contribution >= 4 is 36.4 Å². The highest BCUT2D eigenvalue weighted by Crippen LogP contribution is 2.35. The van der Waals surface area contributed by atoms with Crippen molar-refractivity contribution in [3.63, 3.8) is 0 Å². The molecule has 1 aromatic carbocycles. The van der Waals surface area contributed by atoms with Crippen LogP contribution in [0.3, 0.4) is 0 Å². The van der Waals surface area contributed by atoms with E-state index in [9.17, 15) is 0 Å². The zero-order valence-corrected chi connectivity index (χ0v) is 19.5. The predicted molar refractivity (Wildman–Crippen MR) is 123 cm³/mol. The smallest absolute Gasteiger partial charge is 0.0350 e. The van der Waals surface area contributed by atoms with Crippen LogP contribution in [-0.2, 0) is 16.2 Å². The van der Waals surface area contributed by atoms with E-state index in [-0.39, 0.29) is 16.2 Å². The Morgan fingerprint density at radius 1 is 0.846 bits per heavy atom. The number of rotatable bonds is 2.